The van der Waals surface area contributed by atoms with E-state index >= 15 is 0 Å². The molecule has 0 aliphatic carbocycles. The van der Waals surface area contributed by atoms with Crippen molar-refractivity contribution in [2.45, 2.75) is 0 Å². The summed E-state index contributed by atoms with van der Waals surface area (Å²) in [6.07, 6.45) is 0. The molecule has 0 bridgehead atoms. The molecule has 2 rings (SSSR count). The highest BCUT2D eigenvalue weighted by molar-refractivity contribution is 5.76. The third-order valence-corrected chi connectivity index (χ3v) is 2.25. The SMILES string of the molecule is CN(C)C(On1nnc2ccccc21)=[N+](C)C.[B-]. The van der Waals surface area contributed by atoms with Crippen LogP contribution in [0.25, 0.3) is 11.0 Å². The minimum Gasteiger partial charge on any atom is -1.00 e. The third kappa shape index (κ3) is 2.61. The van der Waals surface area contributed by atoms with E-state index in [0.717, 1.165) is 11.0 Å². The van der Waals surface area contributed by atoms with E-state index in [4.69, 9.17) is 4.84 Å². The molecular formula is C11H16BN5O. The van der Waals surface area contributed by atoms with Gasteiger partial charge < -0.3 is 8.41 Å². The van der Waals surface area contributed by atoms with E-state index in [0.29, 0.717) is 6.02 Å². The Morgan fingerprint density at radius 2 is 1.94 bits per heavy atom. The van der Waals surface area contributed by atoms with Gasteiger partial charge in [0.15, 0.2) is 0 Å². The zero-order valence-corrected chi connectivity index (χ0v) is 11.0. The average molecular weight is 245 g/mol. The fraction of sp³-hybridized carbons (Fsp3) is 0.364. The zero-order chi connectivity index (χ0) is 12.4. The first-order valence-electron chi connectivity index (χ1n) is 5.30. The summed E-state index contributed by atoms with van der Waals surface area (Å²) in [7, 11) is 7.64. The standard InChI is InChI=1S/C11H16N5O.B/c1-14(2)11(15(3)4)17-16-10-8-6-5-7-9(10)12-13-16;/h5-8H,1-4H3;/q+1;-1. The first-order chi connectivity index (χ1) is 8.09. The maximum Gasteiger partial charge on any atom is 0.471 e. The fourth-order valence-corrected chi connectivity index (χ4v) is 1.56. The van der Waals surface area contributed by atoms with Crippen LogP contribution in [0.5, 0.6) is 0 Å². The second kappa shape index (κ2) is 5.53. The summed E-state index contributed by atoms with van der Waals surface area (Å²) in [6.45, 7) is 0. The van der Waals surface area contributed by atoms with Crippen LogP contribution in [0.15, 0.2) is 24.3 Å². The minimum atomic E-state index is 0. The van der Waals surface area contributed by atoms with Gasteiger partial charge in [0.2, 0.25) is 0 Å². The Morgan fingerprint density at radius 1 is 1.28 bits per heavy atom. The zero-order valence-electron chi connectivity index (χ0n) is 11.0. The molecule has 6 nitrogen and oxygen atoms in total. The van der Waals surface area contributed by atoms with Crippen molar-refractivity contribution in [3.8, 4) is 0 Å². The predicted molar refractivity (Wildman–Crippen MR) is 70.7 cm³/mol. The van der Waals surface area contributed by atoms with E-state index in [9.17, 15) is 0 Å². The lowest BCUT2D eigenvalue weighted by molar-refractivity contribution is -0.480. The van der Waals surface area contributed by atoms with Crippen LogP contribution in [0, 0.1) is 0 Å². The highest BCUT2D eigenvalue weighted by atomic mass is 16.7. The second-order valence-electron chi connectivity index (χ2n) is 4.11. The Morgan fingerprint density at radius 3 is 2.56 bits per heavy atom. The first-order valence-corrected chi connectivity index (χ1v) is 5.30. The Hall–Kier alpha value is -2.05. The predicted octanol–water partition coefficient (Wildman–Crippen LogP) is -0.331. The Bertz CT molecular complexity index is 559. The molecule has 1 aromatic carbocycles. The third-order valence-electron chi connectivity index (χ3n) is 2.25. The molecule has 94 valence electrons. The summed E-state index contributed by atoms with van der Waals surface area (Å²) in [5.41, 5.74) is 1.65. The minimum absolute atomic E-state index is 0. The summed E-state index contributed by atoms with van der Waals surface area (Å²) < 4.78 is 1.87. The number of fused-ring (bicyclic) bond motifs is 1. The number of hydrogen-bond donors (Lipinski definition) is 0. The van der Waals surface area contributed by atoms with E-state index in [1.807, 2.05) is 61.9 Å². The molecule has 0 fully saturated rings. The van der Waals surface area contributed by atoms with Crippen molar-refractivity contribution in [3.05, 3.63) is 24.3 Å². The molecule has 18 heavy (non-hydrogen) atoms. The number of para-hydroxylation sites is 1. The van der Waals surface area contributed by atoms with Gasteiger partial charge in [-0.25, -0.2) is 9.48 Å². The van der Waals surface area contributed by atoms with E-state index < -0.39 is 0 Å². The van der Waals surface area contributed by atoms with E-state index in [1.165, 1.54) is 4.85 Å². The summed E-state index contributed by atoms with van der Waals surface area (Å²) >= 11 is 0. The van der Waals surface area contributed by atoms with Gasteiger partial charge in [-0.2, -0.15) is 0 Å². The molecule has 7 heteroatoms. The largest absolute Gasteiger partial charge is 1.00 e. The van der Waals surface area contributed by atoms with E-state index in [2.05, 4.69) is 10.3 Å². The van der Waals surface area contributed by atoms with Gasteiger partial charge in [0.25, 0.3) is 0 Å². The van der Waals surface area contributed by atoms with Gasteiger partial charge in [0.05, 0.1) is 28.2 Å². The van der Waals surface area contributed by atoms with Crippen LogP contribution in [0.3, 0.4) is 0 Å². The van der Waals surface area contributed by atoms with Crippen LogP contribution in [-0.2, 0) is 0 Å². The van der Waals surface area contributed by atoms with Crippen LogP contribution in [0.4, 0.5) is 0 Å². The summed E-state index contributed by atoms with van der Waals surface area (Å²) in [6, 6.07) is 8.34. The lowest BCUT2D eigenvalue weighted by Gasteiger charge is -2.10. The van der Waals surface area contributed by atoms with Crippen molar-refractivity contribution in [1.29, 1.82) is 0 Å². The Labute approximate surface area is 108 Å². The average Bonchev–Trinajstić information content (AvgIpc) is 2.68. The van der Waals surface area contributed by atoms with Crippen LogP contribution < -0.4 is 4.84 Å². The molecule has 0 amide bonds. The highest BCUT2D eigenvalue weighted by Crippen LogP contribution is 2.08. The molecule has 0 unspecified atom stereocenters. The van der Waals surface area contributed by atoms with Gasteiger partial charge in [0, 0.05) is 0 Å². The number of rotatable bonds is 1. The quantitative estimate of drug-likeness (QED) is 0.299. The molecule has 0 aliphatic rings. The van der Waals surface area contributed by atoms with Crippen LogP contribution >= 0.6 is 0 Å². The van der Waals surface area contributed by atoms with Crippen molar-refractivity contribution < 1.29 is 9.41 Å². The number of benzene rings is 1. The summed E-state index contributed by atoms with van der Waals surface area (Å²) in [5.74, 6) is 0. The van der Waals surface area contributed by atoms with Gasteiger partial charge in [0.1, 0.15) is 11.0 Å². The molecule has 4 radical (unpaired) electrons. The van der Waals surface area contributed by atoms with Crippen molar-refractivity contribution in [1.82, 2.24) is 20.1 Å². The maximum atomic E-state index is 5.70. The summed E-state index contributed by atoms with van der Waals surface area (Å²) in [5, 5.41) is 8.00. The van der Waals surface area contributed by atoms with E-state index in [-0.39, 0.29) is 8.41 Å². The molecule has 0 atom stereocenters. The lowest BCUT2D eigenvalue weighted by Crippen LogP contribution is -2.39. The molecule has 0 saturated carbocycles. The first kappa shape index (κ1) is 14.0. The molecule has 0 aliphatic heterocycles. The topological polar surface area (TPSA) is 46.2 Å². The van der Waals surface area contributed by atoms with Gasteiger partial charge in [-0.15, -0.1) is 5.10 Å². The number of amidine groups is 1. The Balaban J connectivity index is 0.00000162. The fourth-order valence-electron chi connectivity index (χ4n) is 1.56. The number of aromatic nitrogens is 3. The van der Waals surface area contributed by atoms with Crippen LogP contribution in [-0.4, -0.2) is 67.3 Å². The van der Waals surface area contributed by atoms with Crippen molar-refractivity contribution in [3.63, 3.8) is 0 Å². The molecule has 2 aromatic rings. The highest BCUT2D eigenvalue weighted by Gasteiger charge is 2.17. The number of hydrogen-bond acceptors (Lipinski definition) is 3. The van der Waals surface area contributed by atoms with Crippen molar-refractivity contribution in [2.75, 3.05) is 28.2 Å². The molecule has 1 aromatic heterocycles. The molecular weight excluding hydrogens is 229 g/mol. The molecule has 0 saturated heterocycles. The van der Waals surface area contributed by atoms with Gasteiger partial charge >= 0.3 is 6.02 Å². The van der Waals surface area contributed by atoms with Crippen LogP contribution in [0.1, 0.15) is 0 Å². The second-order valence-corrected chi connectivity index (χ2v) is 4.11. The molecule has 1 heterocycles. The molecule has 0 spiro atoms. The molecule has 0 N–H and O–H groups in total. The number of nitrogens with zero attached hydrogens (tertiary/aromatic N) is 5. The van der Waals surface area contributed by atoms with Crippen LogP contribution in [0.2, 0.25) is 0 Å². The maximum absolute atomic E-state index is 5.70. The smallest absolute Gasteiger partial charge is 0.471 e. The van der Waals surface area contributed by atoms with E-state index in [1.54, 1.807) is 0 Å². The van der Waals surface area contributed by atoms with Crippen molar-refractivity contribution in [2.24, 2.45) is 0 Å². The van der Waals surface area contributed by atoms with Gasteiger partial charge in [-0.05, 0) is 17.3 Å². The normalized spacial score (nSPS) is 9.78. The lowest BCUT2D eigenvalue weighted by atomic mass is 10.3. The summed E-state index contributed by atoms with van der Waals surface area (Å²) in [4.78, 5) is 8.99. The van der Waals surface area contributed by atoms with Gasteiger partial charge in [-0.1, -0.05) is 17.0 Å². The van der Waals surface area contributed by atoms with Crippen molar-refractivity contribution >= 4 is 25.5 Å². The Kier molecular flexibility index (Phi) is 4.30. The van der Waals surface area contributed by atoms with Gasteiger partial charge in [-0.3, -0.25) is 4.84 Å². The monoisotopic (exact) mass is 245 g/mol.